The normalized spacial score (nSPS) is 10.2. The molecule has 120 valence electrons. The first-order valence-corrected chi connectivity index (χ1v) is 6.71. The van der Waals surface area contributed by atoms with Crippen LogP contribution in [0, 0.1) is 29.8 Å². The van der Waals surface area contributed by atoms with Crippen molar-refractivity contribution in [3.63, 3.8) is 0 Å². The number of nitrogens with zero attached hydrogens (tertiary/aromatic N) is 1. The number of esters is 1. The Kier molecular flexibility index (Phi) is 4.90. The highest BCUT2D eigenvalue weighted by Crippen LogP contribution is 2.27. The molecule has 0 saturated carbocycles. The second kappa shape index (κ2) is 6.87. The van der Waals surface area contributed by atoms with Crippen molar-refractivity contribution in [3.8, 4) is 11.5 Å². The first-order valence-electron chi connectivity index (χ1n) is 6.71. The lowest BCUT2D eigenvalue weighted by Crippen LogP contribution is -2.18. The molecule has 2 rings (SSSR count). The smallest absolute Gasteiger partial charge is 0.349 e. The van der Waals surface area contributed by atoms with Crippen molar-refractivity contribution in [2.24, 2.45) is 0 Å². The highest BCUT2D eigenvalue weighted by Gasteiger charge is 2.19. The average molecular weight is 319 g/mol. The van der Waals surface area contributed by atoms with Crippen molar-refractivity contribution < 1.29 is 23.6 Å². The van der Waals surface area contributed by atoms with E-state index in [2.05, 4.69) is 0 Å². The summed E-state index contributed by atoms with van der Waals surface area (Å²) in [4.78, 5) is 21.9. The van der Waals surface area contributed by atoms with Gasteiger partial charge in [-0.05, 0) is 37.1 Å². The fourth-order valence-electron chi connectivity index (χ4n) is 1.87. The third-order valence-electron chi connectivity index (χ3n) is 3.03. The van der Waals surface area contributed by atoms with Gasteiger partial charge in [0.1, 0.15) is 11.6 Å². The van der Waals surface area contributed by atoms with Crippen LogP contribution in [0.15, 0.2) is 36.4 Å². The summed E-state index contributed by atoms with van der Waals surface area (Å²) in [6.07, 6.45) is 0. The maximum absolute atomic E-state index is 13.2. The number of carbonyl (C=O) groups excluding carboxylic acids is 1. The molecule has 7 heteroatoms. The summed E-state index contributed by atoms with van der Waals surface area (Å²) in [6.45, 7) is 3.25. The van der Waals surface area contributed by atoms with Crippen molar-refractivity contribution in [2.75, 3.05) is 6.61 Å². The SMILES string of the molecule is Cc1ccc(C)c(OCC(=O)Oc2cc(F)ccc2[N+](=O)[O-])c1. The fraction of sp³-hybridized carbons (Fsp3) is 0.188. The molecule has 6 nitrogen and oxygen atoms in total. The Morgan fingerprint density at radius 3 is 2.61 bits per heavy atom. The van der Waals surface area contributed by atoms with Crippen molar-refractivity contribution >= 4 is 11.7 Å². The number of benzene rings is 2. The minimum absolute atomic E-state index is 0.446. The molecule has 0 amide bonds. The zero-order chi connectivity index (χ0) is 17.0. The maximum atomic E-state index is 13.2. The molecule has 0 bridgehead atoms. The van der Waals surface area contributed by atoms with Gasteiger partial charge >= 0.3 is 11.7 Å². The van der Waals surface area contributed by atoms with Crippen LogP contribution in [0.1, 0.15) is 11.1 Å². The number of nitro groups is 1. The number of halogens is 1. The lowest BCUT2D eigenvalue weighted by atomic mass is 10.1. The summed E-state index contributed by atoms with van der Waals surface area (Å²) in [5.74, 6) is -1.55. The summed E-state index contributed by atoms with van der Waals surface area (Å²) in [7, 11) is 0. The van der Waals surface area contributed by atoms with Gasteiger partial charge in [0.05, 0.1) is 4.92 Å². The molecule has 0 unspecified atom stereocenters. The lowest BCUT2D eigenvalue weighted by molar-refractivity contribution is -0.385. The molecule has 0 heterocycles. The van der Waals surface area contributed by atoms with Crippen LogP contribution in [-0.2, 0) is 4.79 Å². The van der Waals surface area contributed by atoms with E-state index in [0.717, 1.165) is 29.3 Å². The Balaban J connectivity index is 2.07. The third-order valence-corrected chi connectivity index (χ3v) is 3.03. The molecule has 0 saturated heterocycles. The Morgan fingerprint density at radius 1 is 1.17 bits per heavy atom. The number of rotatable bonds is 5. The first kappa shape index (κ1) is 16.4. The van der Waals surface area contributed by atoms with Gasteiger partial charge in [-0.3, -0.25) is 10.1 Å². The molecule has 0 aliphatic rings. The van der Waals surface area contributed by atoms with Gasteiger partial charge in [-0.25, -0.2) is 9.18 Å². The molecule has 0 aromatic heterocycles. The lowest BCUT2D eigenvalue weighted by Gasteiger charge is -2.10. The highest BCUT2D eigenvalue weighted by atomic mass is 19.1. The molecule has 0 aliphatic heterocycles. The second-order valence-electron chi connectivity index (χ2n) is 4.90. The molecular formula is C16H14FNO5. The van der Waals surface area contributed by atoms with Crippen LogP contribution in [0.4, 0.5) is 10.1 Å². The highest BCUT2D eigenvalue weighted by molar-refractivity contribution is 5.75. The van der Waals surface area contributed by atoms with Gasteiger partial charge in [0, 0.05) is 12.1 Å². The van der Waals surface area contributed by atoms with Gasteiger partial charge in [0.25, 0.3) is 0 Å². The molecule has 0 radical (unpaired) electrons. The van der Waals surface area contributed by atoms with Crippen LogP contribution in [0.2, 0.25) is 0 Å². The van der Waals surface area contributed by atoms with Crippen LogP contribution < -0.4 is 9.47 Å². The predicted molar refractivity (Wildman–Crippen MR) is 80.1 cm³/mol. The van der Waals surface area contributed by atoms with E-state index in [1.54, 1.807) is 6.07 Å². The van der Waals surface area contributed by atoms with E-state index in [1.165, 1.54) is 0 Å². The van der Waals surface area contributed by atoms with Gasteiger partial charge in [0.2, 0.25) is 5.75 Å². The number of hydrogen-bond donors (Lipinski definition) is 0. The van der Waals surface area contributed by atoms with Crippen molar-refractivity contribution in [1.29, 1.82) is 0 Å². The van der Waals surface area contributed by atoms with Gasteiger partial charge < -0.3 is 9.47 Å². The van der Waals surface area contributed by atoms with E-state index in [1.807, 2.05) is 26.0 Å². The van der Waals surface area contributed by atoms with Crippen molar-refractivity contribution in [2.45, 2.75) is 13.8 Å². The van der Waals surface area contributed by atoms with E-state index in [0.29, 0.717) is 5.75 Å². The van der Waals surface area contributed by atoms with Gasteiger partial charge in [-0.15, -0.1) is 0 Å². The second-order valence-corrected chi connectivity index (χ2v) is 4.90. The molecule has 2 aromatic carbocycles. The quantitative estimate of drug-likeness (QED) is 0.365. The Labute approximate surface area is 131 Å². The van der Waals surface area contributed by atoms with Crippen LogP contribution >= 0.6 is 0 Å². The molecule has 0 N–H and O–H groups in total. The van der Waals surface area contributed by atoms with Crippen molar-refractivity contribution in [3.05, 3.63) is 63.5 Å². The maximum Gasteiger partial charge on any atom is 0.349 e. The van der Waals surface area contributed by atoms with E-state index in [-0.39, 0.29) is 0 Å². The summed E-state index contributed by atoms with van der Waals surface area (Å²) >= 11 is 0. The zero-order valence-corrected chi connectivity index (χ0v) is 12.5. The van der Waals surface area contributed by atoms with Gasteiger partial charge in [-0.1, -0.05) is 12.1 Å². The van der Waals surface area contributed by atoms with Gasteiger partial charge in [0.15, 0.2) is 6.61 Å². The summed E-state index contributed by atoms with van der Waals surface area (Å²) in [5.41, 5.74) is 1.30. The van der Waals surface area contributed by atoms with E-state index < -0.39 is 34.8 Å². The fourth-order valence-corrected chi connectivity index (χ4v) is 1.87. The van der Waals surface area contributed by atoms with E-state index in [9.17, 15) is 19.3 Å². The summed E-state index contributed by atoms with van der Waals surface area (Å²) < 4.78 is 23.3. The molecule has 0 atom stereocenters. The molecule has 0 fully saturated rings. The summed E-state index contributed by atoms with van der Waals surface area (Å²) in [6, 6.07) is 8.14. The topological polar surface area (TPSA) is 78.7 Å². The minimum atomic E-state index is -0.861. The van der Waals surface area contributed by atoms with Gasteiger partial charge in [-0.2, -0.15) is 0 Å². The van der Waals surface area contributed by atoms with Crippen LogP contribution in [0.25, 0.3) is 0 Å². The molecular weight excluding hydrogens is 305 g/mol. The van der Waals surface area contributed by atoms with Crippen LogP contribution in [0.5, 0.6) is 11.5 Å². The number of nitro benzene ring substituents is 1. The Morgan fingerprint density at radius 2 is 1.91 bits per heavy atom. The first-order chi connectivity index (χ1) is 10.9. The largest absolute Gasteiger partial charge is 0.482 e. The van der Waals surface area contributed by atoms with Crippen LogP contribution in [0.3, 0.4) is 0 Å². The monoisotopic (exact) mass is 319 g/mol. The number of aryl methyl sites for hydroxylation is 2. The predicted octanol–water partition coefficient (Wildman–Crippen LogP) is 3.34. The number of carbonyl (C=O) groups is 1. The van der Waals surface area contributed by atoms with Crippen molar-refractivity contribution in [1.82, 2.24) is 0 Å². The van der Waals surface area contributed by atoms with Crippen LogP contribution in [-0.4, -0.2) is 17.5 Å². The Bertz CT molecular complexity index is 760. The van der Waals surface area contributed by atoms with E-state index >= 15 is 0 Å². The zero-order valence-electron chi connectivity index (χ0n) is 12.5. The Hall–Kier alpha value is -2.96. The molecule has 2 aromatic rings. The number of hydrogen-bond acceptors (Lipinski definition) is 5. The molecule has 23 heavy (non-hydrogen) atoms. The summed E-state index contributed by atoms with van der Waals surface area (Å²) in [5, 5.41) is 10.8. The van der Waals surface area contributed by atoms with E-state index in [4.69, 9.17) is 9.47 Å². The average Bonchev–Trinajstić information content (AvgIpc) is 2.48. The molecule has 0 spiro atoms. The minimum Gasteiger partial charge on any atom is -0.482 e. The molecule has 0 aliphatic carbocycles. The third kappa shape index (κ3) is 4.26. The number of ether oxygens (including phenoxy) is 2. The standard InChI is InChI=1S/C16H14FNO5/c1-10-3-4-11(2)14(7-10)22-9-16(19)23-15-8-12(17)5-6-13(15)18(20)21/h3-8H,9H2,1-2H3.